The van der Waals surface area contributed by atoms with Crippen molar-refractivity contribution in [2.45, 2.75) is 25.8 Å². The van der Waals surface area contributed by atoms with Gasteiger partial charge < -0.3 is 10.1 Å². The van der Waals surface area contributed by atoms with Gasteiger partial charge in [0.2, 0.25) is 11.8 Å². The second-order valence-corrected chi connectivity index (χ2v) is 7.76. The first kappa shape index (κ1) is 20.0. The van der Waals surface area contributed by atoms with Gasteiger partial charge in [0.05, 0.1) is 12.1 Å². The molecule has 0 aliphatic carbocycles. The summed E-state index contributed by atoms with van der Waals surface area (Å²) in [7, 11) is 0. The fourth-order valence-electron chi connectivity index (χ4n) is 3.09. The summed E-state index contributed by atoms with van der Waals surface area (Å²) in [6.45, 7) is 1.08. The van der Waals surface area contributed by atoms with E-state index in [2.05, 4.69) is 10.3 Å². The van der Waals surface area contributed by atoms with Gasteiger partial charge >= 0.3 is 0 Å². The number of aromatic nitrogens is 1. The van der Waals surface area contributed by atoms with Crippen LogP contribution in [0.3, 0.4) is 0 Å². The van der Waals surface area contributed by atoms with Crippen molar-refractivity contribution >= 4 is 28.3 Å². The number of rotatable bonds is 7. The first-order valence-electron chi connectivity index (χ1n) is 9.61. The van der Waals surface area contributed by atoms with Crippen molar-refractivity contribution < 1.29 is 18.7 Å². The number of carbonyl (C=O) groups is 2. The Bertz CT molecular complexity index is 1030. The zero-order valence-corrected chi connectivity index (χ0v) is 17.0. The molecule has 154 valence electrons. The number of hydrogen-bond donors (Lipinski definition) is 1. The zero-order chi connectivity index (χ0) is 20.9. The highest BCUT2D eigenvalue weighted by molar-refractivity contribution is 7.14. The number of halogens is 1. The average molecular weight is 425 g/mol. The summed E-state index contributed by atoms with van der Waals surface area (Å²) in [5.74, 6) is 0.823. The number of anilines is 1. The number of amides is 2. The van der Waals surface area contributed by atoms with E-state index in [4.69, 9.17) is 4.74 Å². The number of nitrogens with one attached hydrogen (secondary N) is 1. The maximum Gasteiger partial charge on any atom is 0.228 e. The monoisotopic (exact) mass is 425 g/mol. The van der Waals surface area contributed by atoms with E-state index in [0.717, 1.165) is 12.0 Å². The van der Waals surface area contributed by atoms with Crippen LogP contribution in [-0.4, -0.2) is 23.3 Å². The first-order chi connectivity index (χ1) is 14.6. The summed E-state index contributed by atoms with van der Waals surface area (Å²) >= 11 is 1.39. The van der Waals surface area contributed by atoms with Crippen LogP contribution in [0.25, 0.3) is 0 Å². The van der Waals surface area contributed by atoms with Gasteiger partial charge in [-0.1, -0.05) is 12.1 Å². The molecule has 1 aromatic heterocycles. The minimum atomic E-state index is -0.313. The molecule has 0 atom stereocenters. The Morgan fingerprint density at radius 1 is 1.13 bits per heavy atom. The third-order valence-corrected chi connectivity index (χ3v) is 5.56. The lowest BCUT2D eigenvalue weighted by atomic mass is 10.2. The van der Waals surface area contributed by atoms with Crippen molar-refractivity contribution in [1.82, 2.24) is 10.3 Å². The minimum Gasteiger partial charge on any atom is -0.457 e. The lowest BCUT2D eigenvalue weighted by Gasteiger charge is -2.10. The van der Waals surface area contributed by atoms with Crippen LogP contribution in [0.15, 0.2) is 53.9 Å². The van der Waals surface area contributed by atoms with Crippen LogP contribution in [0.1, 0.15) is 24.1 Å². The van der Waals surface area contributed by atoms with Crippen molar-refractivity contribution in [3.05, 3.63) is 71.0 Å². The molecular weight excluding hydrogens is 405 g/mol. The summed E-state index contributed by atoms with van der Waals surface area (Å²) < 4.78 is 18.6. The van der Waals surface area contributed by atoms with Gasteiger partial charge in [0.15, 0.2) is 5.13 Å². The van der Waals surface area contributed by atoms with E-state index in [1.165, 1.54) is 23.5 Å². The first-order valence-corrected chi connectivity index (χ1v) is 10.5. The van der Waals surface area contributed by atoms with Gasteiger partial charge in [-0.15, -0.1) is 11.3 Å². The maximum atomic E-state index is 12.9. The molecule has 1 aliphatic rings. The summed E-state index contributed by atoms with van der Waals surface area (Å²) in [5.41, 5.74) is 1.59. The zero-order valence-electron chi connectivity index (χ0n) is 16.1. The summed E-state index contributed by atoms with van der Waals surface area (Å²) in [6, 6.07) is 13.1. The van der Waals surface area contributed by atoms with Crippen LogP contribution in [0.2, 0.25) is 0 Å². The lowest BCUT2D eigenvalue weighted by Crippen LogP contribution is -2.25. The molecule has 2 heterocycles. The molecule has 6 nitrogen and oxygen atoms in total. The number of ether oxygens (including phenoxy) is 1. The molecule has 4 rings (SSSR count). The molecule has 8 heteroatoms. The van der Waals surface area contributed by atoms with E-state index in [0.29, 0.717) is 41.8 Å². The van der Waals surface area contributed by atoms with Crippen LogP contribution in [-0.2, 0) is 22.6 Å². The summed E-state index contributed by atoms with van der Waals surface area (Å²) in [4.78, 5) is 30.1. The van der Waals surface area contributed by atoms with E-state index in [9.17, 15) is 14.0 Å². The van der Waals surface area contributed by atoms with E-state index in [1.54, 1.807) is 29.2 Å². The summed E-state index contributed by atoms with van der Waals surface area (Å²) in [6.07, 6.45) is 1.58. The summed E-state index contributed by atoms with van der Waals surface area (Å²) in [5, 5.41) is 5.36. The second-order valence-electron chi connectivity index (χ2n) is 6.92. The average Bonchev–Trinajstić information content (AvgIpc) is 3.38. The molecule has 1 fully saturated rings. The van der Waals surface area contributed by atoms with Crippen molar-refractivity contribution in [1.29, 1.82) is 0 Å². The van der Waals surface area contributed by atoms with E-state index >= 15 is 0 Å². The molecule has 3 aromatic rings. The molecule has 0 bridgehead atoms. The van der Waals surface area contributed by atoms with Gasteiger partial charge in [0.1, 0.15) is 17.3 Å². The SMILES string of the molecule is O=C(Cc1csc(N2CCCC2=O)n1)NCc1ccc(Oc2ccc(F)cc2)cc1. The van der Waals surface area contributed by atoms with Crippen LogP contribution < -0.4 is 15.0 Å². The van der Waals surface area contributed by atoms with Crippen molar-refractivity contribution in [3.8, 4) is 11.5 Å². The molecule has 1 N–H and O–H groups in total. The van der Waals surface area contributed by atoms with Crippen molar-refractivity contribution in [3.63, 3.8) is 0 Å². The highest BCUT2D eigenvalue weighted by Crippen LogP contribution is 2.25. The third-order valence-electron chi connectivity index (χ3n) is 4.65. The Morgan fingerprint density at radius 3 is 2.50 bits per heavy atom. The molecule has 0 saturated carbocycles. The van der Waals surface area contributed by atoms with Crippen molar-refractivity contribution in [2.75, 3.05) is 11.4 Å². The standard InChI is InChI=1S/C22H20FN3O3S/c23-16-5-9-19(10-6-16)29-18-7-3-15(4-8-18)13-24-20(27)12-17-14-30-22(25-17)26-11-1-2-21(26)28/h3-10,14H,1-2,11-13H2,(H,24,27). The van der Waals surface area contributed by atoms with Gasteiger partial charge in [-0.25, -0.2) is 9.37 Å². The van der Waals surface area contributed by atoms with Crippen LogP contribution in [0.4, 0.5) is 9.52 Å². The Balaban J connectivity index is 1.26. The number of hydrogen-bond acceptors (Lipinski definition) is 5. The molecule has 0 unspecified atom stereocenters. The van der Waals surface area contributed by atoms with E-state index in [1.807, 2.05) is 17.5 Å². The fraction of sp³-hybridized carbons (Fsp3) is 0.227. The Hall–Kier alpha value is -3.26. The second kappa shape index (κ2) is 9.04. The fourth-order valence-corrected chi connectivity index (χ4v) is 3.96. The van der Waals surface area contributed by atoms with Crippen LogP contribution in [0.5, 0.6) is 11.5 Å². The lowest BCUT2D eigenvalue weighted by molar-refractivity contribution is -0.120. The number of thiazole rings is 1. The quantitative estimate of drug-likeness (QED) is 0.620. The molecule has 2 amide bonds. The molecule has 1 saturated heterocycles. The maximum absolute atomic E-state index is 12.9. The minimum absolute atomic E-state index is 0.0900. The van der Waals surface area contributed by atoms with Gasteiger partial charge in [-0.05, 0) is 48.4 Å². The van der Waals surface area contributed by atoms with Gasteiger partial charge in [0.25, 0.3) is 0 Å². The highest BCUT2D eigenvalue weighted by Gasteiger charge is 2.24. The predicted molar refractivity (Wildman–Crippen MR) is 112 cm³/mol. The van der Waals surface area contributed by atoms with Crippen LogP contribution in [0, 0.1) is 5.82 Å². The highest BCUT2D eigenvalue weighted by atomic mass is 32.1. The van der Waals surface area contributed by atoms with Crippen LogP contribution >= 0.6 is 11.3 Å². The smallest absolute Gasteiger partial charge is 0.228 e. The normalized spacial score (nSPS) is 13.5. The molecule has 0 spiro atoms. The van der Waals surface area contributed by atoms with Gasteiger partial charge in [-0.3, -0.25) is 14.5 Å². The van der Waals surface area contributed by atoms with Gasteiger partial charge in [-0.2, -0.15) is 0 Å². The third kappa shape index (κ3) is 5.01. The van der Waals surface area contributed by atoms with Gasteiger partial charge in [0, 0.05) is 24.9 Å². The topological polar surface area (TPSA) is 71.5 Å². The Morgan fingerprint density at radius 2 is 1.83 bits per heavy atom. The molecular formula is C22H20FN3O3S. The number of nitrogens with zero attached hydrogens (tertiary/aromatic N) is 2. The molecule has 30 heavy (non-hydrogen) atoms. The molecule has 0 radical (unpaired) electrons. The van der Waals surface area contributed by atoms with E-state index in [-0.39, 0.29) is 24.1 Å². The Labute approximate surface area is 177 Å². The van der Waals surface area contributed by atoms with Crippen molar-refractivity contribution in [2.24, 2.45) is 0 Å². The largest absolute Gasteiger partial charge is 0.457 e. The molecule has 2 aromatic carbocycles. The number of benzene rings is 2. The Kier molecular flexibility index (Phi) is 6.04. The molecule has 1 aliphatic heterocycles. The van der Waals surface area contributed by atoms with E-state index < -0.39 is 0 Å². The number of carbonyl (C=O) groups excluding carboxylic acids is 2. The predicted octanol–water partition coefficient (Wildman–Crippen LogP) is 4.06.